The molecular weight excluding hydrogens is 370 g/mol. The first-order valence-corrected chi connectivity index (χ1v) is 9.36. The molecule has 0 saturated carbocycles. The van der Waals surface area contributed by atoms with E-state index in [1.54, 1.807) is 24.3 Å². The Hall–Kier alpha value is -3.48. The molecule has 1 aromatic heterocycles. The lowest BCUT2D eigenvalue weighted by Gasteiger charge is -2.16. The highest BCUT2D eigenvalue weighted by molar-refractivity contribution is 5.94. The van der Waals surface area contributed by atoms with Crippen LogP contribution in [0.25, 0.3) is 10.9 Å². The summed E-state index contributed by atoms with van der Waals surface area (Å²) in [7, 11) is 0. The van der Waals surface area contributed by atoms with E-state index in [4.69, 9.17) is 4.74 Å². The Morgan fingerprint density at radius 3 is 2.66 bits per heavy atom. The number of hydrogen-bond donors (Lipinski definition) is 1. The van der Waals surface area contributed by atoms with Gasteiger partial charge in [-0.25, -0.2) is 4.98 Å². The number of aryl methyl sites for hydroxylation is 1. The number of rotatable bonds is 6. The maximum absolute atomic E-state index is 12.4. The van der Waals surface area contributed by atoms with Crippen molar-refractivity contribution in [1.29, 1.82) is 0 Å². The molecule has 7 nitrogen and oxygen atoms in total. The number of carbonyl (C=O) groups is 2. The Kier molecular flexibility index (Phi) is 6.07. The van der Waals surface area contributed by atoms with Crippen LogP contribution in [-0.2, 0) is 20.9 Å². The summed E-state index contributed by atoms with van der Waals surface area (Å²) in [5.74, 6) is -0.883. The van der Waals surface area contributed by atoms with Crippen molar-refractivity contribution >= 4 is 28.5 Å². The normalized spacial score (nSPS) is 10.9. The van der Waals surface area contributed by atoms with Gasteiger partial charge in [0.25, 0.3) is 11.5 Å². The lowest BCUT2D eigenvalue weighted by Crippen LogP contribution is -2.28. The van der Waals surface area contributed by atoms with Gasteiger partial charge in [-0.2, -0.15) is 0 Å². The number of ether oxygens (including phenoxy) is 1. The lowest BCUT2D eigenvalue weighted by atomic mass is 9.98. The van der Waals surface area contributed by atoms with Gasteiger partial charge >= 0.3 is 5.97 Å². The van der Waals surface area contributed by atoms with E-state index in [1.165, 1.54) is 10.9 Å². The number of hydrogen-bond acceptors (Lipinski definition) is 5. The zero-order chi connectivity index (χ0) is 21.0. The monoisotopic (exact) mass is 393 g/mol. The average Bonchev–Trinajstić information content (AvgIpc) is 2.70. The topological polar surface area (TPSA) is 90.3 Å². The molecule has 0 aliphatic carbocycles. The van der Waals surface area contributed by atoms with Crippen molar-refractivity contribution in [2.45, 2.75) is 33.2 Å². The van der Waals surface area contributed by atoms with Crippen LogP contribution in [0, 0.1) is 6.92 Å². The zero-order valence-corrected chi connectivity index (χ0v) is 16.6. The molecule has 0 atom stereocenters. The first kappa shape index (κ1) is 20.3. The van der Waals surface area contributed by atoms with Crippen LogP contribution in [0.5, 0.6) is 0 Å². The molecule has 150 valence electrons. The maximum Gasteiger partial charge on any atom is 0.326 e. The van der Waals surface area contributed by atoms with Gasteiger partial charge in [-0.3, -0.25) is 19.0 Å². The minimum atomic E-state index is -0.687. The molecule has 0 fully saturated rings. The molecule has 0 aliphatic heterocycles. The van der Waals surface area contributed by atoms with Crippen molar-refractivity contribution in [3.8, 4) is 0 Å². The quantitative estimate of drug-likeness (QED) is 0.650. The number of fused-ring (bicyclic) bond motifs is 1. The van der Waals surface area contributed by atoms with Gasteiger partial charge < -0.3 is 10.1 Å². The van der Waals surface area contributed by atoms with Crippen molar-refractivity contribution in [3.05, 3.63) is 70.3 Å². The summed E-state index contributed by atoms with van der Waals surface area (Å²) in [6.45, 7) is 5.25. The molecule has 29 heavy (non-hydrogen) atoms. The van der Waals surface area contributed by atoms with Crippen LogP contribution in [0.15, 0.2) is 53.6 Å². The standard InChI is InChI=1S/C22H23N3O4/c1-14(2)16-9-6-7-15(3)21(16)24-19(26)12-29-20(27)11-25-13-23-18-10-5-4-8-17(18)22(25)28/h4-10,13-14H,11-12H2,1-3H3,(H,24,26). The number of para-hydroxylation sites is 2. The molecule has 1 N–H and O–H groups in total. The van der Waals surface area contributed by atoms with Crippen LogP contribution < -0.4 is 10.9 Å². The van der Waals surface area contributed by atoms with Gasteiger partial charge in [0.05, 0.1) is 17.2 Å². The summed E-state index contributed by atoms with van der Waals surface area (Å²) < 4.78 is 6.22. The number of esters is 1. The largest absolute Gasteiger partial charge is 0.454 e. The van der Waals surface area contributed by atoms with Gasteiger partial charge in [-0.15, -0.1) is 0 Å². The zero-order valence-electron chi connectivity index (χ0n) is 16.6. The minimum absolute atomic E-state index is 0.236. The van der Waals surface area contributed by atoms with Crippen LogP contribution in [-0.4, -0.2) is 28.0 Å². The second kappa shape index (κ2) is 8.68. The summed E-state index contributed by atoms with van der Waals surface area (Å²) in [5.41, 5.74) is 2.90. The summed E-state index contributed by atoms with van der Waals surface area (Å²) in [5, 5.41) is 3.24. The molecule has 0 saturated heterocycles. The average molecular weight is 393 g/mol. The fraction of sp³-hybridized carbons (Fsp3) is 0.273. The number of anilines is 1. The second-order valence-corrected chi connectivity index (χ2v) is 7.10. The molecule has 0 bridgehead atoms. The highest BCUT2D eigenvalue weighted by atomic mass is 16.5. The molecule has 0 spiro atoms. The molecule has 0 aliphatic rings. The van der Waals surface area contributed by atoms with E-state index < -0.39 is 18.5 Å². The Bertz CT molecular complexity index is 1120. The van der Waals surface area contributed by atoms with E-state index in [2.05, 4.69) is 10.3 Å². The first-order chi connectivity index (χ1) is 13.9. The van der Waals surface area contributed by atoms with Crippen molar-refractivity contribution < 1.29 is 14.3 Å². The van der Waals surface area contributed by atoms with Crippen molar-refractivity contribution in [2.75, 3.05) is 11.9 Å². The Balaban J connectivity index is 1.63. The van der Waals surface area contributed by atoms with Crippen molar-refractivity contribution in [1.82, 2.24) is 9.55 Å². The fourth-order valence-corrected chi connectivity index (χ4v) is 3.07. The van der Waals surface area contributed by atoms with Crippen LogP contribution in [0.3, 0.4) is 0 Å². The summed E-state index contributed by atoms with van der Waals surface area (Å²) >= 11 is 0. The Labute approximate surface area is 168 Å². The molecule has 0 unspecified atom stereocenters. The smallest absolute Gasteiger partial charge is 0.326 e. The third-order valence-corrected chi connectivity index (χ3v) is 4.59. The van der Waals surface area contributed by atoms with Crippen LogP contribution >= 0.6 is 0 Å². The first-order valence-electron chi connectivity index (χ1n) is 9.36. The highest BCUT2D eigenvalue weighted by Crippen LogP contribution is 2.27. The maximum atomic E-state index is 12.4. The molecule has 0 radical (unpaired) electrons. The van der Waals surface area contributed by atoms with Crippen LogP contribution in [0.1, 0.15) is 30.9 Å². The van der Waals surface area contributed by atoms with Crippen molar-refractivity contribution in [3.63, 3.8) is 0 Å². The Morgan fingerprint density at radius 2 is 1.90 bits per heavy atom. The molecule has 1 amide bonds. The summed E-state index contributed by atoms with van der Waals surface area (Å²) in [4.78, 5) is 41.0. The Morgan fingerprint density at radius 1 is 1.14 bits per heavy atom. The van der Waals surface area contributed by atoms with Crippen LogP contribution in [0.2, 0.25) is 0 Å². The van der Waals surface area contributed by atoms with E-state index in [-0.39, 0.29) is 18.0 Å². The number of benzene rings is 2. The van der Waals surface area contributed by atoms with E-state index in [0.717, 1.165) is 16.8 Å². The number of nitrogens with zero attached hydrogens (tertiary/aromatic N) is 2. The third kappa shape index (κ3) is 4.68. The van der Waals surface area contributed by atoms with Gasteiger partial charge in [0, 0.05) is 5.69 Å². The van der Waals surface area contributed by atoms with E-state index in [9.17, 15) is 14.4 Å². The number of aromatic nitrogens is 2. The predicted octanol–water partition coefficient (Wildman–Crippen LogP) is 3.01. The van der Waals surface area contributed by atoms with Crippen molar-refractivity contribution in [2.24, 2.45) is 0 Å². The third-order valence-electron chi connectivity index (χ3n) is 4.59. The lowest BCUT2D eigenvalue weighted by molar-refractivity contribution is -0.147. The predicted molar refractivity (Wildman–Crippen MR) is 111 cm³/mol. The molecule has 7 heteroatoms. The van der Waals surface area contributed by atoms with Gasteiger partial charge in [0.2, 0.25) is 0 Å². The van der Waals surface area contributed by atoms with Crippen LogP contribution in [0.4, 0.5) is 5.69 Å². The molecule has 1 heterocycles. The summed E-state index contributed by atoms with van der Waals surface area (Å²) in [6, 6.07) is 12.7. The fourth-order valence-electron chi connectivity index (χ4n) is 3.07. The number of amides is 1. The van der Waals surface area contributed by atoms with E-state index in [1.807, 2.05) is 39.0 Å². The minimum Gasteiger partial charge on any atom is -0.454 e. The summed E-state index contributed by atoms with van der Waals surface area (Å²) in [6.07, 6.45) is 1.30. The SMILES string of the molecule is Cc1cccc(C(C)C)c1NC(=O)COC(=O)Cn1cnc2ccccc2c1=O. The van der Waals surface area contributed by atoms with E-state index >= 15 is 0 Å². The second-order valence-electron chi connectivity index (χ2n) is 7.10. The van der Waals surface area contributed by atoms with Gasteiger partial charge in [-0.1, -0.05) is 44.2 Å². The van der Waals surface area contributed by atoms with Gasteiger partial charge in [0.15, 0.2) is 6.61 Å². The van der Waals surface area contributed by atoms with E-state index in [0.29, 0.717) is 10.9 Å². The number of carbonyl (C=O) groups excluding carboxylic acids is 2. The molecular formula is C22H23N3O4. The molecule has 2 aromatic carbocycles. The van der Waals surface area contributed by atoms with Gasteiger partial charge in [0.1, 0.15) is 6.54 Å². The van der Waals surface area contributed by atoms with Gasteiger partial charge in [-0.05, 0) is 36.1 Å². The molecule has 3 rings (SSSR count). The molecule has 3 aromatic rings. The number of nitrogens with one attached hydrogen (secondary N) is 1. The highest BCUT2D eigenvalue weighted by Gasteiger charge is 2.14.